The minimum atomic E-state index is -0.883. The maximum Gasteiger partial charge on any atom is 0.341 e. The summed E-state index contributed by atoms with van der Waals surface area (Å²) in [6.45, 7) is 1.35. The van der Waals surface area contributed by atoms with Crippen LogP contribution >= 0.6 is 15.9 Å². The smallest absolute Gasteiger partial charge is 0.341 e. The van der Waals surface area contributed by atoms with Gasteiger partial charge >= 0.3 is 5.97 Å². The molecule has 2 aromatic carbocycles. The average molecular weight is 380 g/mol. The van der Waals surface area contributed by atoms with Gasteiger partial charge in [-0.3, -0.25) is 4.79 Å². The summed E-state index contributed by atoms with van der Waals surface area (Å²) < 4.78 is 19.0. The first-order valence-electron chi connectivity index (χ1n) is 6.94. The zero-order valence-electron chi connectivity index (χ0n) is 12.4. The Morgan fingerprint density at radius 3 is 2.61 bits per heavy atom. The van der Waals surface area contributed by atoms with Gasteiger partial charge in [0.25, 0.3) is 5.91 Å². The summed E-state index contributed by atoms with van der Waals surface area (Å²) in [5.41, 5.74) is 0.716. The molecule has 0 saturated heterocycles. The van der Waals surface area contributed by atoms with E-state index in [0.717, 1.165) is 11.6 Å². The highest BCUT2D eigenvalue weighted by molar-refractivity contribution is 9.10. The molecule has 0 radical (unpaired) electrons. The third kappa shape index (κ3) is 4.89. The van der Waals surface area contributed by atoms with Gasteiger partial charge in [-0.1, -0.05) is 46.3 Å². The van der Waals surface area contributed by atoms with Gasteiger partial charge < -0.3 is 10.1 Å². The zero-order chi connectivity index (χ0) is 16.8. The molecule has 0 aliphatic heterocycles. The van der Waals surface area contributed by atoms with Gasteiger partial charge in [-0.25, -0.2) is 9.18 Å². The third-order valence-corrected chi connectivity index (χ3v) is 3.65. The average Bonchev–Trinajstić information content (AvgIpc) is 2.55. The number of hydrogen-bond acceptors (Lipinski definition) is 3. The number of hydrogen-bond donors (Lipinski definition) is 1. The van der Waals surface area contributed by atoms with Crippen molar-refractivity contribution in [2.45, 2.75) is 13.0 Å². The Hall–Kier alpha value is -2.21. The van der Waals surface area contributed by atoms with Crippen LogP contribution in [0.2, 0.25) is 0 Å². The lowest BCUT2D eigenvalue weighted by molar-refractivity contribution is -0.124. The van der Waals surface area contributed by atoms with Crippen molar-refractivity contribution in [3.05, 3.63) is 69.9 Å². The molecule has 120 valence electrons. The van der Waals surface area contributed by atoms with E-state index in [4.69, 9.17) is 4.74 Å². The number of esters is 1. The van der Waals surface area contributed by atoms with E-state index in [-0.39, 0.29) is 11.6 Å². The fourth-order valence-electron chi connectivity index (χ4n) is 1.97. The molecular formula is C17H15BrFNO3. The molecule has 1 atom stereocenters. The van der Waals surface area contributed by atoms with Crippen molar-refractivity contribution in [1.82, 2.24) is 5.32 Å². The number of halogens is 2. The van der Waals surface area contributed by atoms with Gasteiger partial charge in [0.1, 0.15) is 5.82 Å². The first kappa shape index (κ1) is 17.1. The van der Waals surface area contributed by atoms with Crippen LogP contribution in [0.15, 0.2) is 53.0 Å². The molecule has 2 aromatic rings. The number of nitrogens with one attached hydrogen (secondary N) is 1. The second-order valence-corrected chi connectivity index (χ2v) is 5.82. The van der Waals surface area contributed by atoms with Crippen LogP contribution in [0.1, 0.15) is 28.9 Å². The van der Waals surface area contributed by atoms with E-state index in [1.807, 2.05) is 37.3 Å². The van der Waals surface area contributed by atoms with Gasteiger partial charge in [0, 0.05) is 4.47 Å². The van der Waals surface area contributed by atoms with Crippen molar-refractivity contribution in [2.24, 2.45) is 0 Å². The lowest BCUT2D eigenvalue weighted by Gasteiger charge is -2.14. The quantitative estimate of drug-likeness (QED) is 0.807. The normalized spacial score (nSPS) is 11.6. The molecular weight excluding hydrogens is 365 g/mol. The molecule has 0 saturated carbocycles. The summed E-state index contributed by atoms with van der Waals surface area (Å²) in [6, 6.07) is 13.1. The van der Waals surface area contributed by atoms with E-state index in [1.165, 1.54) is 12.1 Å². The monoisotopic (exact) mass is 379 g/mol. The molecule has 1 amide bonds. The van der Waals surface area contributed by atoms with Crippen molar-refractivity contribution in [2.75, 3.05) is 6.61 Å². The molecule has 1 N–H and O–H groups in total. The number of carbonyl (C=O) groups is 2. The second-order valence-electron chi connectivity index (χ2n) is 4.90. The first-order valence-corrected chi connectivity index (χ1v) is 7.73. The van der Waals surface area contributed by atoms with Gasteiger partial charge in [-0.05, 0) is 30.7 Å². The summed E-state index contributed by atoms with van der Waals surface area (Å²) >= 11 is 3.15. The largest absolute Gasteiger partial charge is 0.452 e. The molecule has 0 aliphatic rings. The molecule has 6 heteroatoms. The number of rotatable bonds is 5. The predicted molar refractivity (Wildman–Crippen MR) is 87.4 cm³/mol. The van der Waals surface area contributed by atoms with E-state index in [0.29, 0.717) is 4.47 Å². The third-order valence-electron chi connectivity index (χ3n) is 3.16. The van der Waals surface area contributed by atoms with Gasteiger partial charge in [-0.2, -0.15) is 0 Å². The van der Waals surface area contributed by atoms with Crippen LogP contribution in [-0.2, 0) is 9.53 Å². The van der Waals surface area contributed by atoms with Crippen LogP contribution < -0.4 is 5.32 Å². The molecule has 0 heterocycles. The Bertz CT molecular complexity index is 706. The summed E-state index contributed by atoms with van der Waals surface area (Å²) in [7, 11) is 0. The van der Waals surface area contributed by atoms with Gasteiger partial charge in [0.2, 0.25) is 0 Å². The standard InChI is InChI=1S/C17H15BrFNO3/c1-11(12-5-3-2-4-6-12)20-16(21)10-23-17(22)14-9-13(18)7-8-15(14)19/h2-9,11H,10H2,1H3,(H,20,21). The van der Waals surface area contributed by atoms with Crippen LogP contribution in [0.3, 0.4) is 0 Å². The second kappa shape index (κ2) is 7.87. The summed E-state index contributed by atoms with van der Waals surface area (Å²) in [5, 5.41) is 2.71. The summed E-state index contributed by atoms with van der Waals surface area (Å²) in [5.74, 6) is -2.03. The maximum atomic E-state index is 13.6. The molecule has 0 fully saturated rings. The minimum Gasteiger partial charge on any atom is -0.452 e. The molecule has 0 aliphatic carbocycles. The van der Waals surface area contributed by atoms with Gasteiger partial charge in [0.05, 0.1) is 11.6 Å². The van der Waals surface area contributed by atoms with Crippen molar-refractivity contribution in [1.29, 1.82) is 0 Å². The van der Waals surface area contributed by atoms with E-state index in [2.05, 4.69) is 21.2 Å². The molecule has 0 bridgehead atoms. The highest BCUT2D eigenvalue weighted by Crippen LogP contribution is 2.16. The first-order chi connectivity index (χ1) is 11.0. The van der Waals surface area contributed by atoms with E-state index < -0.39 is 24.3 Å². The van der Waals surface area contributed by atoms with Crippen LogP contribution in [-0.4, -0.2) is 18.5 Å². The van der Waals surface area contributed by atoms with E-state index >= 15 is 0 Å². The van der Waals surface area contributed by atoms with E-state index in [1.54, 1.807) is 0 Å². The maximum absolute atomic E-state index is 13.6. The molecule has 0 aromatic heterocycles. The zero-order valence-corrected chi connectivity index (χ0v) is 14.0. The highest BCUT2D eigenvalue weighted by atomic mass is 79.9. The summed E-state index contributed by atoms with van der Waals surface area (Å²) in [6.07, 6.45) is 0. The van der Waals surface area contributed by atoms with Crippen molar-refractivity contribution in [3.63, 3.8) is 0 Å². The number of amides is 1. The van der Waals surface area contributed by atoms with Gasteiger partial charge in [-0.15, -0.1) is 0 Å². The Morgan fingerprint density at radius 1 is 1.22 bits per heavy atom. The van der Waals surface area contributed by atoms with E-state index in [9.17, 15) is 14.0 Å². The minimum absolute atomic E-state index is 0.218. The van der Waals surface area contributed by atoms with Crippen molar-refractivity contribution < 1.29 is 18.7 Å². The predicted octanol–water partition coefficient (Wildman–Crippen LogP) is 3.62. The fraction of sp³-hybridized carbons (Fsp3) is 0.176. The topological polar surface area (TPSA) is 55.4 Å². The summed E-state index contributed by atoms with van der Waals surface area (Å²) in [4.78, 5) is 23.6. The van der Waals surface area contributed by atoms with Crippen molar-refractivity contribution >= 4 is 27.8 Å². The fourth-order valence-corrected chi connectivity index (χ4v) is 2.33. The van der Waals surface area contributed by atoms with Crippen LogP contribution in [0.5, 0.6) is 0 Å². The lowest BCUT2D eigenvalue weighted by atomic mass is 10.1. The SMILES string of the molecule is CC(NC(=O)COC(=O)c1cc(Br)ccc1F)c1ccccc1. The Morgan fingerprint density at radius 2 is 1.91 bits per heavy atom. The number of benzene rings is 2. The van der Waals surface area contributed by atoms with Crippen LogP contribution in [0.4, 0.5) is 4.39 Å². The van der Waals surface area contributed by atoms with Crippen LogP contribution in [0, 0.1) is 5.82 Å². The molecule has 1 unspecified atom stereocenters. The number of carbonyl (C=O) groups excluding carboxylic acids is 2. The molecule has 0 spiro atoms. The Labute approximate surface area is 141 Å². The molecule has 2 rings (SSSR count). The Kier molecular flexibility index (Phi) is 5.87. The van der Waals surface area contributed by atoms with Gasteiger partial charge in [0.15, 0.2) is 6.61 Å². The molecule has 4 nitrogen and oxygen atoms in total. The molecule has 23 heavy (non-hydrogen) atoms. The Balaban J connectivity index is 1.89. The lowest BCUT2D eigenvalue weighted by Crippen LogP contribution is -2.31. The number of ether oxygens (including phenoxy) is 1. The van der Waals surface area contributed by atoms with Crippen molar-refractivity contribution in [3.8, 4) is 0 Å². The van der Waals surface area contributed by atoms with Crippen LogP contribution in [0.25, 0.3) is 0 Å². The highest BCUT2D eigenvalue weighted by Gasteiger charge is 2.16.